The van der Waals surface area contributed by atoms with Crippen LogP contribution in [0.3, 0.4) is 0 Å². The van der Waals surface area contributed by atoms with Crippen LogP contribution in [0.1, 0.15) is 109 Å². The van der Waals surface area contributed by atoms with Crippen molar-refractivity contribution in [3.8, 4) is 22.9 Å². The Kier molecular flexibility index (Phi) is 12.2. The Morgan fingerprint density at radius 3 is 1.97 bits per heavy atom. The summed E-state index contributed by atoms with van der Waals surface area (Å²) in [6.45, 7) is 4.77. The molecular formula is C34H47NO3. The van der Waals surface area contributed by atoms with Gasteiger partial charge in [-0.15, -0.1) is 0 Å². The molecule has 0 spiro atoms. The van der Waals surface area contributed by atoms with E-state index in [0.29, 0.717) is 18.3 Å². The Balaban J connectivity index is 1.41. The number of hydrogen-bond donors (Lipinski definition) is 0. The van der Waals surface area contributed by atoms with Gasteiger partial charge in [0, 0.05) is 0 Å². The van der Waals surface area contributed by atoms with Gasteiger partial charge in [0.15, 0.2) is 5.41 Å². The van der Waals surface area contributed by atoms with E-state index in [9.17, 15) is 10.1 Å². The van der Waals surface area contributed by atoms with Gasteiger partial charge in [-0.25, -0.2) is 0 Å². The fourth-order valence-corrected chi connectivity index (χ4v) is 5.79. The highest BCUT2D eigenvalue weighted by Crippen LogP contribution is 2.41. The maximum Gasteiger partial charge on any atom is 0.325 e. The Labute approximate surface area is 230 Å². The third kappa shape index (κ3) is 8.90. The van der Waals surface area contributed by atoms with Gasteiger partial charge in [0.05, 0.1) is 19.8 Å². The van der Waals surface area contributed by atoms with Gasteiger partial charge in [-0.2, -0.15) is 5.26 Å². The lowest BCUT2D eigenvalue weighted by Crippen LogP contribution is -2.31. The van der Waals surface area contributed by atoms with E-state index in [1.165, 1.54) is 68.7 Å². The van der Waals surface area contributed by atoms with E-state index < -0.39 is 11.4 Å². The molecule has 0 heterocycles. The summed E-state index contributed by atoms with van der Waals surface area (Å²) in [4.78, 5) is 12.1. The zero-order valence-electron chi connectivity index (χ0n) is 23.8. The van der Waals surface area contributed by atoms with Crippen LogP contribution in [0, 0.1) is 22.7 Å². The first-order chi connectivity index (χ1) is 18.5. The van der Waals surface area contributed by atoms with Crippen molar-refractivity contribution in [3.05, 3.63) is 54.1 Å². The molecular weight excluding hydrogens is 470 g/mol. The Hall–Kier alpha value is -2.80. The van der Waals surface area contributed by atoms with Gasteiger partial charge in [-0.3, -0.25) is 4.79 Å². The van der Waals surface area contributed by atoms with Crippen molar-refractivity contribution in [2.24, 2.45) is 11.3 Å². The van der Waals surface area contributed by atoms with E-state index in [0.717, 1.165) is 44.5 Å². The Morgan fingerprint density at radius 1 is 0.868 bits per heavy atom. The standard InChI is InChI=1S/C34H47NO3/c1-4-5-6-7-8-9-10-11-24-38-32-22-20-31(21-23-32)30-18-16-29(17-19-30)28-14-12-27(13-15-28)25-34(2,26-35)33(36)37-3/h16-23,27-28H,4-15,24-25H2,1-3H3. The van der Waals surface area contributed by atoms with Crippen LogP contribution in [0.5, 0.6) is 5.75 Å². The number of nitriles is 1. The molecule has 1 atom stereocenters. The van der Waals surface area contributed by atoms with Crippen molar-refractivity contribution in [1.29, 1.82) is 5.26 Å². The largest absolute Gasteiger partial charge is 0.494 e. The molecule has 2 aromatic carbocycles. The Morgan fingerprint density at radius 2 is 1.42 bits per heavy atom. The number of rotatable bonds is 15. The molecule has 1 aliphatic carbocycles. The fraction of sp³-hybridized carbons (Fsp3) is 0.588. The third-order valence-electron chi connectivity index (χ3n) is 8.26. The van der Waals surface area contributed by atoms with Crippen molar-refractivity contribution in [2.45, 2.75) is 103 Å². The van der Waals surface area contributed by atoms with E-state index in [-0.39, 0.29) is 0 Å². The van der Waals surface area contributed by atoms with Gasteiger partial charge in [-0.1, -0.05) is 88.3 Å². The molecule has 38 heavy (non-hydrogen) atoms. The molecule has 4 nitrogen and oxygen atoms in total. The number of nitrogens with zero attached hydrogens (tertiary/aromatic N) is 1. The molecule has 0 N–H and O–H groups in total. The number of unbranched alkanes of at least 4 members (excludes halogenated alkanes) is 7. The van der Waals surface area contributed by atoms with Crippen LogP contribution in [0.25, 0.3) is 11.1 Å². The van der Waals surface area contributed by atoms with Crippen molar-refractivity contribution in [2.75, 3.05) is 13.7 Å². The summed E-state index contributed by atoms with van der Waals surface area (Å²) in [6.07, 6.45) is 15.4. The molecule has 0 amide bonds. The van der Waals surface area contributed by atoms with Crippen LogP contribution in [-0.4, -0.2) is 19.7 Å². The predicted molar refractivity (Wildman–Crippen MR) is 155 cm³/mol. The molecule has 0 aliphatic heterocycles. The molecule has 206 valence electrons. The van der Waals surface area contributed by atoms with Crippen molar-refractivity contribution >= 4 is 5.97 Å². The highest BCUT2D eigenvalue weighted by Gasteiger charge is 2.38. The number of ether oxygens (including phenoxy) is 2. The van der Waals surface area contributed by atoms with Gasteiger partial charge in [-0.05, 0) is 86.1 Å². The van der Waals surface area contributed by atoms with E-state index in [1.54, 1.807) is 6.92 Å². The summed E-state index contributed by atoms with van der Waals surface area (Å²) in [6, 6.07) is 19.6. The first-order valence-corrected chi connectivity index (χ1v) is 14.8. The fourth-order valence-electron chi connectivity index (χ4n) is 5.79. The second-order valence-electron chi connectivity index (χ2n) is 11.3. The minimum Gasteiger partial charge on any atom is -0.494 e. The first-order valence-electron chi connectivity index (χ1n) is 14.8. The lowest BCUT2D eigenvalue weighted by molar-refractivity contribution is -0.149. The minimum absolute atomic E-state index is 0.394. The molecule has 3 rings (SSSR count). The van der Waals surface area contributed by atoms with Gasteiger partial charge < -0.3 is 9.47 Å². The summed E-state index contributed by atoms with van der Waals surface area (Å²) >= 11 is 0. The zero-order valence-corrected chi connectivity index (χ0v) is 23.8. The molecule has 0 aromatic heterocycles. The first kappa shape index (κ1) is 29.8. The smallest absolute Gasteiger partial charge is 0.325 e. The average molecular weight is 518 g/mol. The molecule has 0 radical (unpaired) electrons. The molecule has 2 aromatic rings. The molecule has 1 unspecified atom stereocenters. The van der Waals surface area contributed by atoms with Crippen LogP contribution in [0.15, 0.2) is 48.5 Å². The number of benzene rings is 2. The number of hydrogen-bond acceptors (Lipinski definition) is 4. The van der Waals surface area contributed by atoms with E-state index >= 15 is 0 Å². The predicted octanol–water partition coefficient (Wildman–Crippen LogP) is 9.24. The molecule has 1 fully saturated rings. The van der Waals surface area contributed by atoms with E-state index in [1.807, 2.05) is 0 Å². The van der Waals surface area contributed by atoms with Crippen LogP contribution in [0.2, 0.25) is 0 Å². The van der Waals surface area contributed by atoms with E-state index in [4.69, 9.17) is 9.47 Å². The summed E-state index contributed by atoms with van der Waals surface area (Å²) in [5.41, 5.74) is 2.77. The number of esters is 1. The van der Waals surface area contributed by atoms with Crippen LogP contribution in [0.4, 0.5) is 0 Å². The average Bonchev–Trinajstić information content (AvgIpc) is 2.96. The lowest BCUT2D eigenvalue weighted by Gasteiger charge is -2.32. The SMILES string of the molecule is CCCCCCCCCCOc1ccc(-c2ccc(C3CCC(CC(C)(C#N)C(=O)OC)CC3)cc2)cc1. The maximum atomic E-state index is 12.1. The number of carbonyl (C=O) groups is 1. The quantitative estimate of drug-likeness (QED) is 0.174. The lowest BCUT2D eigenvalue weighted by atomic mass is 9.72. The van der Waals surface area contributed by atoms with Gasteiger partial charge in [0.25, 0.3) is 0 Å². The number of carbonyl (C=O) groups excluding carboxylic acids is 1. The second-order valence-corrected chi connectivity index (χ2v) is 11.3. The second kappa shape index (κ2) is 15.6. The normalized spacial score (nSPS) is 18.8. The van der Waals surface area contributed by atoms with Crippen molar-refractivity contribution in [1.82, 2.24) is 0 Å². The third-order valence-corrected chi connectivity index (χ3v) is 8.26. The molecule has 4 heteroatoms. The highest BCUT2D eigenvalue weighted by molar-refractivity contribution is 5.79. The van der Waals surface area contributed by atoms with Crippen molar-refractivity contribution < 1.29 is 14.3 Å². The monoisotopic (exact) mass is 517 g/mol. The topological polar surface area (TPSA) is 59.3 Å². The minimum atomic E-state index is -1.04. The zero-order chi connectivity index (χ0) is 27.2. The molecule has 0 saturated heterocycles. The van der Waals surface area contributed by atoms with Gasteiger partial charge in [0.1, 0.15) is 5.75 Å². The number of methoxy groups -OCH3 is 1. The molecule has 0 bridgehead atoms. The summed E-state index contributed by atoms with van der Waals surface area (Å²) < 4.78 is 10.8. The van der Waals surface area contributed by atoms with Crippen LogP contribution in [-0.2, 0) is 9.53 Å². The molecule has 1 aliphatic rings. The van der Waals surface area contributed by atoms with Gasteiger partial charge >= 0.3 is 5.97 Å². The summed E-state index contributed by atoms with van der Waals surface area (Å²) in [5, 5.41) is 9.52. The van der Waals surface area contributed by atoms with E-state index in [2.05, 4.69) is 61.5 Å². The Bertz CT molecular complexity index is 1000. The summed E-state index contributed by atoms with van der Waals surface area (Å²) in [7, 11) is 1.36. The maximum absolute atomic E-state index is 12.1. The molecule has 1 saturated carbocycles. The summed E-state index contributed by atoms with van der Waals surface area (Å²) in [5.74, 6) is 1.47. The highest BCUT2D eigenvalue weighted by atomic mass is 16.5. The van der Waals surface area contributed by atoms with Crippen molar-refractivity contribution in [3.63, 3.8) is 0 Å². The van der Waals surface area contributed by atoms with Gasteiger partial charge in [0.2, 0.25) is 0 Å². The van der Waals surface area contributed by atoms with Crippen LogP contribution >= 0.6 is 0 Å². The van der Waals surface area contributed by atoms with Crippen LogP contribution < -0.4 is 4.74 Å².